The summed E-state index contributed by atoms with van der Waals surface area (Å²) in [4.78, 5) is 23.5. The van der Waals surface area contributed by atoms with Crippen molar-refractivity contribution in [3.05, 3.63) is 23.2 Å². The molecule has 0 aliphatic rings. The summed E-state index contributed by atoms with van der Waals surface area (Å²) in [5.41, 5.74) is 6.55. The predicted octanol–water partition coefficient (Wildman–Crippen LogP) is 3.00. The first-order valence-electron chi connectivity index (χ1n) is 6.81. The van der Waals surface area contributed by atoms with Gasteiger partial charge in [-0.1, -0.05) is 39.3 Å². The Morgan fingerprint density at radius 3 is 2.43 bits per heavy atom. The van der Waals surface area contributed by atoms with E-state index in [2.05, 4.69) is 10.6 Å². The summed E-state index contributed by atoms with van der Waals surface area (Å²) >= 11 is 6.06. The number of halogens is 1. The van der Waals surface area contributed by atoms with Crippen LogP contribution in [0.2, 0.25) is 5.02 Å². The number of carbonyl (C=O) groups is 2. The first-order valence-corrected chi connectivity index (χ1v) is 7.18. The monoisotopic (exact) mass is 311 g/mol. The zero-order valence-electron chi connectivity index (χ0n) is 12.8. The standard InChI is InChI=1S/C15H22ClN3O2/c1-5-12(20)18-9-6-7-10(16)11(8-9)19-14(21)13(17)15(2,3)4/h6-8,13H,5,17H2,1-4H3,(H,18,20)(H,19,21)/t13-/m0/s1. The van der Waals surface area contributed by atoms with Gasteiger partial charge in [-0.3, -0.25) is 9.59 Å². The van der Waals surface area contributed by atoms with Gasteiger partial charge in [-0.15, -0.1) is 0 Å². The van der Waals surface area contributed by atoms with E-state index in [1.807, 2.05) is 20.8 Å². The Labute approximate surface area is 130 Å². The van der Waals surface area contributed by atoms with Crippen molar-refractivity contribution in [2.75, 3.05) is 10.6 Å². The molecule has 0 heterocycles. The summed E-state index contributed by atoms with van der Waals surface area (Å²) in [6.07, 6.45) is 0.374. The lowest BCUT2D eigenvalue weighted by Gasteiger charge is -2.26. The van der Waals surface area contributed by atoms with Gasteiger partial charge in [0.25, 0.3) is 0 Å². The van der Waals surface area contributed by atoms with Gasteiger partial charge in [0, 0.05) is 12.1 Å². The van der Waals surface area contributed by atoms with E-state index < -0.39 is 6.04 Å². The summed E-state index contributed by atoms with van der Waals surface area (Å²) in [7, 11) is 0. The van der Waals surface area contributed by atoms with Crippen molar-refractivity contribution in [2.45, 2.75) is 40.2 Å². The number of carbonyl (C=O) groups excluding carboxylic acids is 2. The molecule has 0 aliphatic heterocycles. The molecule has 5 nitrogen and oxygen atoms in total. The van der Waals surface area contributed by atoms with E-state index in [4.69, 9.17) is 17.3 Å². The lowest BCUT2D eigenvalue weighted by molar-refractivity contribution is -0.119. The lowest BCUT2D eigenvalue weighted by Crippen LogP contribution is -2.45. The zero-order chi connectivity index (χ0) is 16.2. The SMILES string of the molecule is CCC(=O)Nc1ccc(Cl)c(NC(=O)[C@H](N)C(C)(C)C)c1. The number of benzene rings is 1. The van der Waals surface area contributed by atoms with Gasteiger partial charge in [-0.2, -0.15) is 0 Å². The summed E-state index contributed by atoms with van der Waals surface area (Å²) in [5, 5.41) is 5.80. The Hall–Kier alpha value is -1.59. The molecule has 0 unspecified atom stereocenters. The Morgan fingerprint density at radius 2 is 1.90 bits per heavy atom. The van der Waals surface area contributed by atoms with Crippen LogP contribution >= 0.6 is 11.6 Å². The van der Waals surface area contributed by atoms with Crippen LogP contribution in [-0.2, 0) is 9.59 Å². The number of nitrogens with two attached hydrogens (primary N) is 1. The normalized spacial score (nSPS) is 12.7. The van der Waals surface area contributed by atoms with Crippen LogP contribution in [0.4, 0.5) is 11.4 Å². The first-order chi connectivity index (χ1) is 9.65. The molecule has 116 valence electrons. The molecule has 2 amide bonds. The summed E-state index contributed by atoms with van der Waals surface area (Å²) in [6.45, 7) is 7.42. The van der Waals surface area contributed by atoms with Gasteiger partial charge < -0.3 is 16.4 Å². The third kappa shape index (κ3) is 5.02. The van der Waals surface area contributed by atoms with Gasteiger partial charge in [-0.25, -0.2) is 0 Å². The number of amides is 2. The molecule has 21 heavy (non-hydrogen) atoms. The van der Waals surface area contributed by atoms with E-state index >= 15 is 0 Å². The van der Waals surface area contributed by atoms with Gasteiger partial charge in [0.05, 0.1) is 16.8 Å². The first kappa shape index (κ1) is 17.5. The number of anilines is 2. The molecule has 0 aromatic heterocycles. The molecule has 0 saturated carbocycles. The van der Waals surface area contributed by atoms with Crippen LogP contribution in [0, 0.1) is 5.41 Å². The van der Waals surface area contributed by atoms with E-state index in [-0.39, 0.29) is 17.2 Å². The smallest absolute Gasteiger partial charge is 0.241 e. The fourth-order valence-electron chi connectivity index (χ4n) is 1.55. The average Bonchev–Trinajstić information content (AvgIpc) is 2.40. The van der Waals surface area contributed by atoms with Crippen LogP contribution in [0.3, 0.4) is 0 Å². The van der Waals surface area contributed by atoms with Crippen LogP contribution in [0.5, 0.6) is 0 Å². The molecule has 6 heteroatoms. The quantitative estimate of drug-likeness (QED) is 0.799. The largest absolute Gasteiger partial charge is 0.326 e. The van der Waals surface area contributed by atoms with Gasteiger partial charge in [0.1, 0.15) is 0 Å². The van der Waals surface area contributed by atoms with E-state index in [0.29, 0.717) is 22.8 Å². The van der Waals surface area contributed by atoms with Crippen LogP contribution in [-0.4, -0.2) is 17.9 Å². The van der Waals surface area contributed by atoms with Crippen molar-refractivity contribution < 1.29 is 9.59 Å². The number of hydrogen-bond donors (Lipinski definition) is 3. The Kier molecular flexibility index (Phi) is 5.75. The molecule has 1 rings (SSSR count). The molecule has 0 fully saturated rings. The van der Waals surface area contributed by atoms with Crippen molar-refractivity contribution in [3.63, 3.8) is 0 Å². The molecule has 0 bridgehead atoms. The molecule has 0 spiro atoms. The van der Waals surface area contributed by atoms with Crippen molar-refractivity contribution >= 4 is 34.8 Å². The van der Waals surface area contributed by atoms with Crippen molar-refractivity contribution in [1.29, 1.82) is 0 Å². The highest BCUT2D eigenvalue weighted by Crippen LogP contribution is 2.27. The van der Waals surface area contributed by atoms with Crippen LogP contribution in [0.1, 0.15) is 34.1 Å². The minimum absolute atomic E-state index is 0.110. The molecule has 1 aromatic carbocycles. The summed E-state index contributed by atoms with van der Waals surface area (Å²) in [6, 6.07) is 4.24. The highest BCUT2D eigenvalue weighted by molar-refractivity contribution is 6.34. The Balaban J connectivity index is 2.90. The summed E-state index contributed by atoms with van der Waals surface area (Å²) < 4.78 is 0. The topological polar surface area (TPSA) is 84.2 Å². The number of hydrogen-bond acceptors (Lipinski definition) is 3. The van der Waals surface area contributed by atoms with Crippen LogP contribution < -0.4 is 16.4 Å². The Morgan fingerprint density at radius 1 is 1.29 bits per heavy atom. The molecule has 4 N–H and O–H groups in total. The fraction of sp³-hybridized carbons (Fsp3) is 0.467. The van der Waals surface area contributed by atoms with Gasteiger partial charge in [0.15, 0.2) is 0 Å². The molecule has 1 aromatic rings. The maximum absolute atomic E-state index is 12.1. The third-order valence-corrected chi connectivity index (χ3v) is 3.37. The number of rotatable bonds is 4. The molecule has 1 atom stereocenters. The lowest BCUT2D eigenvalue weighted by atomic mass is 9.87. The van der Waals surface area contributed by atoms with Crippen molar-refractivity contribution in [2.24, 2.45) is 11.1 Å². The molecular formula is C15H22ClN3O2. The predicted molar refractivity (Wildman–Crippen MR) is 86.4 cm³/mol. The second-order valence-electron chi connectivity index (χ2n) is 5.93. The van der Waals surface area contributed by atoms with E-state index in [1.54, 1.807) is 25.1 Å². The van der Waals surface area contributed by atoms with Crippen LogP contribution in [0.25, 0.3) is 0 Å². The molecular weight excluding hydrogens is 290 g/mol. The minimum atomic E-state index is -0.664. The Bertz CT molecular complexity index is 538. The van der Waals surface area contributed by atoms with Gasteiger partial charge in [-0.05, 0) is 23.6 Å². The van der Waals surface area contributed by atoms with Gasteiger partial charge in [0.2, 0.25) is 11.8 Å². The minimum Gasteiger partial charge on any atom is -0.326 e. The third-order valence-electron chi connectivity index (χ3n) is 3.04. The maximum atomic E-state index is 12.1. The number of nitrogens with one attached hydrogen (secondary N) is 2. The highest BCUT2D eigenvalue weighted by atomic mass is 35.5. The van der Waals surface area contributed by atoms with Crippen LogP contribution in [0.15, 0.2) is 18.2 Å². The van der Waals surface area contributed by atoms with E-state index in [9.17, 15) is 9.59 Å². The fourth-order valence-corrected chi connectivity index (χ4v) is 1.72. The highest BCUT2D eigenvalue weighted by Gasteiger charge is 2.27. The average molecular weight is 312 g/mol. The zero-order valence-corrected chi connectivity index (χ0v) is 13.5. The molecule has 0 aliphatic carbocycles. The van der Waals surface area contributed by atoms with E-state index in [1.165, 1.54) is 0 Å². The summed E-state index contributed by atoms with van der Waals surface area (Å²) in [5.74, 6) is -0.427. The maximum Gasteiger partial charge on any atom is 0.241 e. The van der Waals surface area contributed by atoms with Crippen molar-refractivity contribution in [3.8, 4) is 0 Å². The van der Waals surface area contributed by atoms with Crippen molar-refractivity contribution in [1.82, 2.24) is 0 Å². The molecule has 0 radical (unpaired) electrons. The second-order valence-corrected chi connectivity index (χ2v) is 6.34. The van der Waals surface area contributed by atoms with E-state index in [0.717, 1.165) is 0 Å². The molecule has 0 saturated heterocycles. The van der Waals surface area contributed by atoms with Gasteiger partial charge >= 0.3 is 0 Å². The second kappa shape index (κ2) is 6.91.